The summed E-state index contributed by atoms with van der Waals surface area (Å²) < 4.78 is 0. The van der Waals surface area contributed by atoms with Gasteiger partial charge in [-0.15, -0.1) is 0 Å². The van der Waals surface area contributed by atoms with Gasteiger partial charge in [0.2, 0.25) is 0 Å². The average molecular weight is 223 g/mol. The fraction of sp³-hybridized carbons (Fsp3) is 0. The van der Waals surface area contributed by atoms with Gasteiger partial charge < -0.3 is 4.98 Å². The third-order valence-corrected chi connectivity index (χ3v) is 2.64. The van der Waals surface area contributed by atoms with E-state index in [-0.39, 0.29) is 5.56 Å². The first kappa shape index (κ1) is 9.72. The van der Waals surface area contributed by atoms with Crippen LogP contribution in [0.2, 0.25) is 0 Å². The highest BCUT2D eigenvalue weighted by Gasteiger charge is 2.04. The van der Waals surface area contributed by atoms with Crippen molar-refractivity contribution in [2.75, 3.05) is 0 Å². The van der Waals surface area contributed by atoms with Gasteiger partial charge in [0.05, 0.1) is 17.4 Å². The molecule has 0 radical (unpaired) electrons. The lowest BCUT2D eigenvalue weighted by molar-refractivity contribution is 1.12. The summed E-state index contributed by atoms with van der Waals surface area (Å²) in [6.07, 6.45) is 4.67. The van der Waals surface area contributed by atoms with E-state index in [0.29, 0.717) is 5.56 Å². The minimum Gasteiger partial charge on any atom is -0.313 e. The van der Waals surface area contributed by atoms with Crippen LogP contribution in [-0.4, -0.2) is 15.0 Å². The average Bonchev–Trinajstić information content (AvgIpc) is 2.39. The second-order valence-corrected chi connectivity index (χ2v) is 3.71. The highest BCUT2D eigenvalue weighted by molar-refractivity contribution is 5.83. The predicted molar refractivity (Wildman–Crippen MR) is 65.6 cm³/mol. The Labute approximate surface area is 97.0 Å². The van der Waals surface area contributed by atoms with Crippen LogP contribution >= 0.6 is 0 Å². The Kier molecular flexibility index (Phi) is 2.19. The summed E-state index contributed by atoms with van der Waals surface area (Å²) in [5.74, 6) is 0. The fourth-order valence-electron chi connectivity index (χ4n) is 1.78. The Morgan fingerprint density at radius 1 is 1.18 bits per heavy atom. The molecule has 0 aliphatic carbocycles. The van der Waals surface area contributed by atoms with E-state index < -0.39 is 0 Å². The SMILES string of the molecule is O=c1[nH]cncc1-c1ccc2cccnc2c1. The molecule has 0 aliphatic heterocycles. The van der Waals surface area contributed by atoms with Gasteiger partial charge in [-0.1, -0.05) is 18.2 Å². The molecular formula is C13H9N3O. The van der Waals surface area contributed by atoms with Gasteiger partial charge in [-0.05, 0) is 17.7 Å². The van der Waals surface area contributed by atoms with Crippen molar-refractivity contribution in [1.82, 2.24) is 15.0 Å². The van der Waals surface area contributed by atoms with Crippen LogP contribution in [0, 0.1) is 0 Å². The molecule has 1 aromatic carbocycles. The van der Waals surface area contributed by atoms with Crippen molar-refractivity contribution in [2.45, 2.75) is 0 Å². The zero-order chi connectivity index (χ0) is 11.7. The van der Waals surface area contributed by atoms with Gasteiger partial charge in [0, 0.05) is 17.8 Å². The first-order valence-electron chi connectivity index (χ1n) is 5.22. The van der Waals surface area contributed by atoms with Crippen LogP contribution in [0.25, 0.3) is 22.0 Å². The van der Waals surface area contributed by atoms with Gasteiger partial charge >= 0.3 is 0 Å². The molecule has 17 heavy (non-hydrogen) atoms. The molecular weight excluding hydrogens is 214 g/mol. The normalized spacial score (nSPS) is 10.6. The van der Waals surface area contributed by atoms with Crippen LogP contribution in [0.15, 0.2) is 53.8 Å². The van der Waals surface area contributed by atoms with E-state index in [2.05, 4.69) is 15.0 Å². The Hall–Kier alpha value is -2.49. The zero-order valence-corrected chi connectivity index (χ0v) is 8.92. The van der Waals surface area contributed by atoms with Crippen LogP contribution in [0.4, 0.5) is 0 Å². The van der Waals surface area contributed by atoms with Gasteiger partial charge in [-0.2, -0.15) is 0 Å². The van der Waals surface area contributed by atoms with E-state index >= 15 is 0 Å². The summed E-state index contributed by atoms with van der Waals surface area (Å²) >= 11 is 0. The molecule has 4 nitrogen and oxygen atoms in total. The van der Waals surface area contributed by atoms with E-state index in [1.165, 1.54) is 6.33 Å². The van der Waals surface area contributed by atoms with Crippen LogP contribution < -0.4 is 5.56 Å². The minimum atomic E-state index is -0.143. The molecule has 0 fully saturated rings. The van der Waals surface area contributed by atoms with Crippen molar-refractivity contribution in [3.8, 4) is 11.1 Å². The maximum Gasteiger partial charge on any atom is 0.258 e. The van der Waals surface area contributed by atoms with Gasteiger partial charge in [-0.3, -0.25) is 9.78 Å². The minimum absolute atomic E-state index is 0.143. The maximum atomic E-state index is 11.6. The van der Waals surface area contributed by atoms with Gasteiger partial charge in [0.1, 0.15) is 0 Å². The Bertz CT molecular complexity index is 734. The molecule has 1 N–H and O–H groups in total. The molecule has 82 valence electrons. The topological polar surface area (TPSA) is 58.6 Å². The number of H-pyrrole nitrogens is 1. The highest BCUT2D eigenvalue weighted by atomic mass is 16.1. The first-order chi connectivity index (χ1) is 8.34. The second-order valence-electron chi connectivity index (χ2n) is 3.71. The fourth-order valence-corrected chi connectivity index (χ4v) is 1.78. The summed E-state index contributed by atoms with van der Waals surface area (Å²) in [5, 5.41) is 1.05. The van der Waals surface area contributed by atoms with Crippen LogP contribution in [0.5, 0.6) is 0 Å². The molecule has 0 bridgehead atoms. The number of aromatic nitrogens is 3. The lowest BCUT2D eigenvalue weighted by atomic mass is 10.1. The number of nitrogens with zero attached hydrogens (tertiary/aromatic N) is 2. The molecule has 0 saturated carbocycles. The highest BCUT2D eigenvalue weighted by Crippen LogP contribution is 2.19. The van der Waals surface area contributed by atoms with E-state index in [0.717, 1.165) is 16.5 Å². The predicted octanol–water partition coefficient (Wildman–Crippen LogP) is 1.99. The van der Waals surface area contributed by atoms with Crippen molar-refractivity contribution in [3.05, 3.63) is 59.4 Å². The number of nitrogens with one attached hydrogen (secondary N) is 1. The van der Waals surface area contributed by atoms with Gasteiger partial charge in [-0.25, -0.2) is 4.98 Å². The lowest BCUT2D eigenvalue weighted by Crippen LogP contribution is -2.08. The molecule has 3 aromatic rings. The molecule has 0 unspecified atom stereocenters. The second kappa shape index (κ2) is 3.83. The molecule has 0 aliphatic rings. The molecule has 2 heterocycles. The quantitative estimate of drug-likeness (QED) is 0.686. The molecule has 0 amide bonds. The number of hydrogen-bond acceptors (Lipinski definition) is 3. The number of hydrogen-bond donors (Lipinski definition) is 1. The van der Waals surface area contributed by atoms with Crippen molar-refractivity contribution in [3.63, 3.8) is 0 Å². The van der Waals surface area contributed by atoms with Gasteiger partial charge in [0.25, 0.3) is 5.56 Å². The van der Waals surface area contributed by atoms with Crippen molar-refractivity contribution >= 4 is 10.9 Å². The van der Waals surface area contributed by atoms with Gasteiger partial charge in [0.15, 0.2) is 0 Å². The van der Waals surface area contributed by atoms with E-state index in [1.54, 1.807) is 12.4 Å². The number of pyridine rings is 1. The largest absolute Gasteiger partial charge is 0.313 e. The third-order valence-electron chi connectivity index (χ3n) is 2.64. The first-order valence-corrected chi connectivity index (χ1v) is 5.22. The smallest absolute Gasteiger partial charge is 0.258 e. The third kappa shape index (κ3) is 1.69. The van der Waals surface area contributed by atoms with E-state index in [1.807, 2.05) is 30.3 Å². The lowest BCUT2D eigenvalue weighted by Gasteiger charge is -2.01. The summed E-state index contributed by atoms with van der Waals surface area (Å²) in [4.78, 5) is 22.4. The zero-order valence-electron chi connectivity index (χ0n) is 8.92. The standard InChI is InChI=1S/C13H9N3O/c17-13-11(7-14-8-16-13)10-4-3-9-2-1-5-15-12(9)6-10/h1-8H,(H,14,16,17). The summed E-state index contributed by atoms with van der Waals surface area (Å²) in [6, 6.07) is 9.61. The molecule has 0 spiro atoms. The number of aromatic amines is 1. The molecule has 2 aromatic heterocycles. The van der Waals surface area contributed by atoms with Crippen LogP contribution in [0.3, 0.4) is 0 Å². The number of rotatable bonds is 1. The summed E-state index contributed by atoms with van der Waals surface area (Å²) in [5.41, 5.74) is 2.11. The molecule has 4 heteroatoms. The Morgan fingerprint density at radius 3 is 3.00 bits per heavy atom. The molecule has 0 saturated heterocycles. The van der Waals surface area contributed by atoms with E-state index in [4.69, 9.17) is 0 Å². The van der Waals surface area contributed by atoms with Crippen molar-refractivity contribution < 1.29 is 0 Å². The molecule has 3 rings (SSSR count). The Balaban J connectivity index is 2.25. The maximum absolute atomic E-state index is 11.6. The number of benzene rings is 1. The summed E-state index contributed by atoms with van der Waals surface area (Å²) in [7, 11) is 0. The van der Waals surface area contributed by atoms with Crippen molar-refractivity contribution in [1.29, 1.82) is 0 Å². The van der Waals surface area contributed by atoms with Crippen LogP contribution in [0.1, 0.15) is 0 Å². The number of fused-ring (bicyclic) bond motifs is 1. The van der Waals surface area contributed by atoms with E-state index in [9.17, 15) is 4.79 Å². The molecule has 0 atom stereocenters. The van der Waals surface area contributed by atoms with Crippen LogP contribution in [-0.2, 0) is 0 Å². The monoisotopic (exact) mass is 223 g/mol. The van der Waals surface area contributed by atoms with Crippen molar-refractivity contribution in [2.24, 2.45) is 0 Å². The summed E-state index contributed by atoms with van der Waals surface area (Å²) in [6.45, 7) is 0. The Morgan fingerprint density at radius 2 is 2.12 bits per heavy atom.